The van der Waals surface area contributed by atoms with Gasteiger partial charge in [0.2, 0.25) is 5.91 Å². The number of benzene rings is 1. The third-order valence-corrected chi connectivity index (χ3v) is 5.86. The molecule has 4 rings (SSSR count). The molecule has 0 bridgehead atoms. The lowest BCUT2D eigenvalue weighted by Gasteiger charge is -2.15. The summed E-state index contributed by atoms with van der Waals surface area (Å²) in [6.45, 7) is 3.56. The number of rotatable bonds is 4. The summed E-state index contributed by atoms with van der Waals surface area (Å²) in [6.07, 6.45) is 2.57. The van der Waals surface area contributed by atoms with Crippen LogP contribution in [0.15, 0.2) is 35.8 Å². The minimum Gasteiger partial charge on any atom is -0.356 e. The molecule has 0 spiro atoms. The van der Waals surface area contributed by atoms with Crippen molar-refractivity contribution in [1.29, 1.82) is 0 Å². The first kappa shape index (κ1) is 18.0. The normalized spacial score (nSPS) is 16.8. The van der Waals surface area contributed by atoms with Gasteiger partial charge in [0.05, 0.1) is 11.6 Å². The lowest BCUT2D eigenvalue weighted by Crippen LogP contribution is -2.34. The second kappa shape index (κ2) is 7.32. The first-order chi connectivity index (χ1) is 13.1. The van der Waals surface area contributed by atoms with Gasteiger partial charge in [-0.05, 0) is 25.5 Å². The Bertz CT molecular complexity index is 995. The summed E-state index contributed by atoms with van der Waals surface area (Å²) in [6, 6.07) is 7.46. The second-order valence-corrected chi connectivity index (χ2v) is 7.81. The van der Waals surface area contributed by atoms with Gasteiger partial charge in [0.1, 0.15) is 5.69 Å². The van der Waals surface area contributed by atoms with Gasteiger partial charge >= 0.3 is 0 Å². The standard InChI is InChI=1S/C19H19ClN4O2S/c1-2-21-17(25)13-7-8-23(9-13)18(26)16-11-27-19-22-15(10-24(16)19)12-3-5-14(20)6-4-12/h3-6,10-11,13H,2,7-9H2,1H3,(H,21,25)/t13-/m1/s1. The number of fused-ring (bicyclic) bond motifs is 1. The van der Waals surface area contributed by atoms with Gasteiger partial charge < -0.3 is 10.2 Å². The summed E-state index contributed by atoms with van der Waals surface area (Å²) in [4.78, 5) is 32.1. The first-order valence-corrected chi connectivity index (χ1v) is 10.1. The number of thiazole rings is 1. The zero-order valence-electron chi connectivity index (χ0n) is 14.8. The Balaban J connectivity index is 1.56. The van der Waals surface area contributed by atoms with Crippen LogP contribution < -0.4 is 5.32 Å². The molecular weight excluding hydrogens is 384 g/mol. The maximum Gasteiger partial charge on any atom is 0.271 e. The summed E-state index contributed by atoms with van der Waals surface area (Å²) in [5, 5.41) is 5.34. The molecule has 0 saturated carbocycles. The number of amides is 2. The van der Waals surface area contributed by atoms with Gasteiger partial charge in [-0.2, -0.15) is 0 Å². The van der Waals surface area contributed by atoms with Crippen molar-refractivity contribution in [2.24, 2.45) is 5.92 Å². The predicted octanol–water partition coefficient (Wildman–Crippen LogP) is 3.31. The quantitative estimate of drug-likeness (QED) is 0.728. The molecule has 6 nitrogen and oxygen atoms in total. The van der Waals surface area contributed by atoms with Gasteiger partial charge in [-0.25, -0.2) is 4.98 Å². The van der Waals surface area contributed by atoms with Gasteiger partial charge in [0.15, 0.2) is 4.96 Å². The molecule has 1 saturated heterocycles. The number of halogens is 1. The molecule has 2 aromatic heterocycles. The largest absolute Gasteiger partial charge is 0.356 e. The summed E-state index contributed by atoms with van der Waals surface area (Å²) in [5.41, 5.74) is 2.33. The molecule has 1 aromatic carbocycles. The molecule has 2 amide bonds. The van der Waals surface area contributed by atoms with Crippen LogP contribution in [0.4, 0.5) is 0 Å². The smallest absolute Gasteiger partial charge is 0.271 e. The highest BCUT2D eigenvalue weighted by Crippen LogP contribution is 2.26. The van der Waals surface area contributed by atoms with Crippen LogP contribution in [0.5, 0.6) is 0 Å². The molecule has 0 unspecified atom stereocenters. The first-order valence-electron chi connectivity index (χ1n) is 8.86. The Kier molecular flexibility index (Phi) is 4.88. The Morgan fingerprint density at radius 1 is 1.33 bits per heavy atom. The summed E-state index contributed by atoms with van der Waals surface area (Å²) < 4.78 is 1.83. The van der Waals surface area contributed by atoms with E-state index in [1.807, 2.05) is 47.2 Å². The van der Waals surface area contributed by atoms with Crippen LogP contribution in [0.25, 0.3) is 16.2 Å². The molecule has 1 aliphatic rings. The highest BCUT2D eigenvalue weighted by molar-refractivity contribution is 7.15. The Morgan fingerprint density at radius 2 is 2.11 bits per heavy atom. The lowest BCUT2D eigenvalue weighted by molar-refractivity contribution is -0.124. The third kappa shape index (κ3) is 3.44. The van der Waals surface area contributed by atoms with E-state index in [0.717, 1.165) is 16.2 Å². The van der Waals surface area contributed by atoms with Crippen molar-refractivity contribution in [2.45, 2.75) is 13.3 Å². The van der Waals surface area contributed by atoms with Gasteiger partial charge in [-0.1, -0.05) is 23.7 Å². The van der Waals surface area contributed by atoms with Crippen LogP contribution in [-0.4, -0.2) is 45.7 Å². The van der Waals surface area contributed by atoms with E-state index in [1.165, 1.54) is 11.3 Å². The van der Waals surface area contributed by atoms with E-state index in [1.54, 1.807) is 4.90 Å². The highest BCUT2D eigenvalue weighted by Gasteiger charge is 2.32. The molecule has 27 heavy (non-hydrogen) atoms. The highest BCUT2D eigenvalue weighted by atomic mass is 35.5. The van der Waals surface area contributed by atoms with Crippen molar-refractivity contribution >= 4 is 39.7 Å². The van der Waals surface area contributed by atoms with Crippen molar-refractivity contribution < 1.29 is 9.59 Å². The van der Waals surface area contributed by atoms with Crippen molar-refractivity contribution in [3.63, 3.8) is 0 Å². The number of hydrogen-bond donors (Lipinski definition) is 1. The predicted molar refractivity (Wildman–Crippen MR) is 106 cm³/mol. The average Bonchev–Trinajstić information content (AvgIpc) is 3.37. The number of nitrogens with one attached hydrogen (secondary N) is 1. The van der Waals surface area contributed by atoms with Crippen LogP contribution in [0.3, 0.4) is 0 Å². The molecule has 3 aromatic rings. The number of likely N-dealkylation sites (tertiary alicyclic amines) is 1. The second-order valence-electron chi connectivity index (χ2n) is 6.54. The molecule has 0 radical (unpaired) electrons. The Labute approximate surface area is 165 Å². The van der Waals surface area contributed by atoms with Crippen LogP contribution in [0, 0.1) is 5.92 Å². The average molecular weight is 403 g/mol. The summed E-state index contributed by atoms with van der Waals surface area (Å²) in [7, 11) is 0. The minimum atomic E-state index is -0.129. The summed E-state index contributed by atoms with van der Waals surface area (Å²) in [5.74, 6) is -0.167. The SMILES string of the molecule is CCNC(=O)[C@@H]1CCN(C(=O)c2csc3nc(-c4ccc(Cl)cc4)cn23)C1. The molecule has 8 heteroatoms. The van der Waals surface area contributed by atoms with Crippen molar-refractivity contribution in [1.82, 2.24) is 19.6 Å². The molecule has 1 atom stereocenters. The molecule has 3 heterocycles. The lowest BCUT2D eigenvalue weighted by atomic mass is 10.1. The van der Waals surface area contributed by atoms with E-state index in [2.05, 4.69) is 10.3 Å². The van der Waals surface area contributed by atoms with E-state index < -0.39 is 0 Å². The molecule has 1 aliphatic heterocycles. The van der Waals surface area contributed by atoms with E-state index >= 15 is 0 Å². The fourth-order valence-electron chi connectivity index (χ4n) is 3.34. The van der Waals surface area contributed by atoms with Crippen LogP contribution in [0.1, 0.15) is 23.8 Å². The van der Waals surface area contributed by atoms with Crippen molar-refractivity contribution in [3.05, 3.63) is 46.6 Å². The van der Waals surface area contributed by atoms with E-state index in [0.29, 0.717) is 36.8 Å². The molecule has 1 N–H and O–H groups in total. The molecule has 0 aliphatic carbocycles. The molecular formula is C19H19ClN4O2S. The Hall–Kier alpha value is -2.38. The third-order valence-electron chi connectivity index (χ3n) is 4.77. The number of nitrogens with zero attached hydrogens (tertiary/aromatic N) is 3. The van der Waals surface area contributed by atoms with Gasteiger partial charge in [-0.15, -0.1) is 11.3 Å². The van der Waals surface area contributed by atoms with Crippen LogP contribution in [-0.2, 0) is 4.79 Å². The van der Waals surface area contributed by atoms with Gasteiger partial charge in [-0.3, -0.25) is 14.0 Å². The fraction of sp³-hybridized carbons (Fsp3) is 0.316. The number of carbonyl (C=O) groups is 2. The van der Waals surface area contributed by atoms with Crippen molar-refractivity contribution in [3.8, 4) is 11.3 Å². The minimum absolute atomic E-state index is 0.0240. The van der Waals surface area contributed by atoms with Gasteiger partial charge in [0, 0.05) is 41.8 Å². The molecule has 140 valence electrons. The van der Waals surface area contributed by atoms with E-state index in [4.69, 9.17) is 11.6 Å². The van der Waals surface area contributed by atoms with Crippen LogP contribution >= 0.6 is 22.9 Å². The van der Waals surface area contributed by atoms with E-state index in [9.17, 15) is 9.59 Å². The van der Waals surface area contributed by atoms with E-state index in [-0.39, 0.29) is 17.7 Å². The van der Waals surface area contributed by atoms with Crippen molar-refractivity contribution in [2.75, 3.05) is 19.6 Å². The van der Waals surface area contributed by atoms with Gasteiger partial charge in [0.25, 0.3) is 5.91 Å². The fourth-order valence-corrected chi connectivity index (χ4v) is 4.31. The Morgan fingerprint density at radius 3 is 2.85 bits per heavy atom. The maximum atomic E-state index is 13.0. The van der Waals surface area contributed by atoms with Crippen LogP contribution in [0.2, 0.25) is 5.02 Å². The molecule has 1 fully saturated rings. The zero-order chi connectivity index (χ0) is 19.0. The topological polar surface area (TPSA) is 66.7 Å². The monoisotopic (exact) mass is 402 g/mol. The number of imidazole rings is 1. The number of hydrogen-bond acceptors (Lipinski definition) is 4. The number of aromatic nitrogens is 2. The zero-order valence-corrected chi connectivity index (χ0v) is 16.4. The summed E-state index contributed by atoms with van der Waals surface area (Å²) >= 11 is 7.38. The number of carbonyl (C=O) groups excluding carboxylic acids is 2. The maximum absolute atomic E-state index is 13.0.